The molecule has 0 amide bonds. The molecule has 0 atom stereocenters. The molecule has 0 radical (unpaired) electrons. The molecular formula is C23H17NO5. The number of rotatable bonds is 6. The second kappa shape index (κ2) is 7.98. The molecule has 0 aliphatic heterocycles. The van der Waals surface area contributed by atoms with Gasteiger partial charge in [0.25, 0.3) is 0 Å². The zero-order valence-corrected chi connectivity index (χ0v) is 15.6. The fraction of sp³-hybridized carbons (Fsp3) is 0.0870. The van der Waals surface area contributed by atoms with E-state index in [1.165, 1.54) is 7.11 Å². The second-order valence-corrected chi connectivity index (χ2v) is 6.31. The fourth-order valence-electron chi connectivity index (χ4n) is 3.03. The predicted molar refractivity (Wildman–Crippen MR) is 107 cm³/mol. The molecule has 29 heavy (non-hydrogen) atoms. The quantitative estimate of drug-likeness (QED) is 0.357. The highest BCUT2D eigenvalue weighted by Gasteiger charge is 2.17. The van der Waals surface area contributed by atoms with Crippen molar-refractivity contribution in [1.82, 2.24) is 5.16 Å². The highest BCUT2D eigenvalue weighted by molar-refractivity contribution is 6.02. The number of carbonyl (C=O) groups is 2. The van der Waals surface area contributed by atoms with Crippen molar-refractivity contribution in [2.75, 3.05) is 13.7 Å². The van der Waals surface area contributed by atoms with Gasteiger partial charge in [-0.25, -0.2) is 4.79 Å². The first kappa shape index (κ1) is 18.4. The van der Waals surface area contributed by atoms with Gasteiger partial charge in [0.05, 0.1) is 23.6 Å². The number of nitrogens with zero attached hydrogens (tertiary/aromatic N) is 1. The lowest BCUT2D eigenvalue weighted by Gasteiger charge is -2.08. The summed E-state index contributed by atoms with van der Waals surface area (Å²) in [5.74, 6) is 0.0643. The number of ketones is 1. The Balaban J connectivity index is 1.54. The van der Waals surface area contributed by atoms with E-state index in [1.807, 2.05) is 30.3 Å². The van der Waals surface area contributed by atoms with Gasteiger partial charge in [0, 0.05) is 5.56 Å². The summed E-state index contributed by atoms with van der Waals surface area (Å²) in [6.07, 6.45) is 0. The smallest absolute Gasteiger partial charge is 0.338 e. The molecule has 0 aliphatic rings. The van der Waals surface area contributed by atoms with Crippen LogP contribution in [0.3, 0.4) is 0 Å². The highest BCUT2D eigenvalue weighted by Crippen LogP contribution is 2.29. The summed E-state index contributed by atoms with van der Waals surface area (Å²) in [4.78, 5) is 24.9. The van der Waals surface area contributed by atoms with Crippen LogP contribution >= 0.6 is 0 Å². The number of aromatic nitrogens is 1. The minimum absolute atomic E-state index is 0.311. The van der Waals surface area contributed by atoms with Crippen molar-refractivity contribution in [2.24, 2.45) is 0 Å². The molecule has 144 valence electrons. The first-order valence-electron chi connectivity index (χ1n) is 8.95. The Kier molecular flexibility index (Phi) is 5.07. The molecule has 1 heterocycles. The minimum Gasteiger partial charge on any atom is -0.496 e. The van der Waals surface area contributed by atoms with Crippen LogP contribution in [0, 0.1) is 0 Å². The molecule has 4 rings (SSSR count). The Labute approximate surface area is 166 Å². The Bertz CT molecular complexity index is 1180. The van der Waals surface area contributed by atoms with Crippen molar-refractivity contribution >= 4 is 22.7 Å². The Morgan fingerprint density at radius 3 is 2.52 bits per heavy atom. The second-order valence-electron chi connectivity index (χ2n) is 6.31. The van der Waals surface area contributed by atoms with E-state index < -0.39 is 5.97 Å². The van der Waals surface area contributed by atoms with Crippen molar-refractivity contribution in [3.63, 3.8) is 0 Å². The van der Waals surface area contributed by atoms with Crippen LogP contribution in [0.25, 0.3) is 22.2 Å². The van der Waals surface area contributed by atoms with Gasteiger partial charge in [-0.3, -0.25) is 4.79 Å². The summed E-state index contributed by atoms with van der Waals surface area (Å²) in [6, 6.07) is 21.2. The maximum Gasteiger partial charge on any atom is 0.338 e. The molecule has 0 spiro atoms. The van der Waals surface area contributed by atoms with Crippen molar-refractivity contribution in [1.29, 1.82) is 0 Å². The van der Waals surface area contributed by atoms with Crippen LogP contribution in [0.1, 0.15) is 20.7 Å². The maximum atomic E-state index is 12.5. The third-order valence-corrected chi connectivity index (χ3v) is 4.49. The number of hydrogen-bond acceptors (Lipinski definition) is 6. The Morgan fingerprint density at radius 2 is 1.72 bits per heavy atom. The average Bonchev–Trinajstić information content (AvgIpc) is 3.21. The summed E-state index contributed by atoms with van der Waals surface area (Å²) in [5, 5.41) is 4.73. The van der Waals surface area contributed by atoms with Gasteiger partial charge < -0.3 is 14.0 Å². The monoisotopic (exact) mass is 387 g/mol. The summed E-state index contributed by atoms with van der Waals surface area (Å²) < 4.78 is 15.8. The molecule has 0 aliphatic carbocycles. The molecule has 0 unspecified atom stereocenters. The lowest BCUT2D eigenvalue weighted by Crippen LogP contribution is -2.15. The van der Waals surface area contributed by atoms with E-state index in [1.54, 1.807) is 42.5 Å². The number of Topliss-reactive ketones (excluding diaryl/α,β-unsaturated/α-hetero) is 1. The van der Waals surface area contributed by atoms with Crippen LogP contribution in [-0.4, -0.2) is 30.6 Å². The van der Waals surface area contributed by atoms with Gasteiger partial charge in [0.15, 0.2) is 12.4 Å². The van der Waals surface area contributed by atoms with E-state index >= 15 is 0 Å². The molecule has 0 fully saturated rings. The third-order valence-electron chi connectivity index (χ3n) is 4.49. The summed E-state index contributed by atoms with van der Waals surface area (Å²) in [7, 11) is 1.48. The summed E-state index contributed by atoms with van der Waals surface area (Å²) in [6.45, 7) is -0.383. The number of carbonyl (C=O) groups excluding carboxylic acids is 2. The average molecular weight is 387 g/mol. The van der Waals surface area contributed by atoms with Gasteiger partial charge in [-0.1, -0.05) is 47.6 Å². The highest BCUT2D eigenvalue weighted by atomic mass is 16.5. The fourth-order valence-corrected chi connectivity index (χ4v) is 3.03. The number of fused-ring (bicyclic) bond motifs is 1. The van der Waals surface area contributed by atoms with Gasteiger partial charge in [-0.15, -0.1) is 0 Å². The number of hydrogen-bond donors (Lipinski definition) is 0. The normalized spacial score (nSPS) is 10.7. The van der Waals surface area contributed by atoms with Crippen molar-refractivity contribution in [3.05, 3.63) is 83.9 Å². The first-order valence-corrected chi connectivity index (χ1v) is 8.95. The predicted octanol–water partition coefficient (Wildman–Crippen LogP) is 4.54. The van der Waals surface area contributed by atoms with Crippen LogP contribution < -0.4 is 4.74 Å². The SMILES string of the molecule is COc1ccccc1C(=O)COC(=O)c1ccc2noc(-c3ccccc3)c2c1. The molecule has 0 bridgehead atoms. The van der Waals surface area contributed by atoms with E-state index in [9.17, 15) is 9.59 Å². The molecule has 6 heteroatoms. The van der Waals surface area contributed by atoms with Crippen LogP contribution in [0.15, 0.2) is 77.3 Å². The largest absolute Gasteiger partial charge is 0.496 e. The van der Waals surface area contributed by atoms with Crippen LogP contribution in [0.5, 0.6) is 5.75 Å². The van der Waals surface area contributed by atoms with Crippen LogP contribution in [0.4, 0.5) is 0 Å². The van der Waals surface area contributed by atoms with Gasteiger partial charge in [-0.2, -0.15) is 0 Å². The van der Waals surface area contributed by atoms with Crippen molar-refractivity contribution in [2.45, 2.75) is 0 Å². The minimum atomic E-state index is -0.602. The van der Waals surface area contributed by atoms with Gasteiger partial charge in [0.1, 0.15) is 11.3 Å². The van der Waals surface area contributed by atoms with Crippen LogP contribution in [-0.2, 0) is 4.74 Å². The zero-order valence-electron chi connectivity index (χ0n) is 15.6. The van der Waals surface area contributed by atoms with Gasteiger partial charge >= 0.3 is 5.97 Å². The van der Waals surface area contributed by atoms with E-state index in [0.29, 0.717) is 33.5 Å². The standard InChI is InChI=1S/C23H17NO5/c1-27-21-10-6-5-9-17(21)20(25)14-28-23(26)16-11-12-19-18(13-16)22(29-24-19)15-7-3-2-4-8-15/h2-13H,14H2,1H3. The van der Waals surface area contributed by atoms with Gasteiger partial charge in [-0.05, 0) is 30.3 Å². The molecule has 0 saturated heterocycles. The van der Waals surface area contributed by atoms with E-state index in [4.69, 9.17) is 14.0 Å². The maximum absolute atomic E-state index is 12.5. The number of ether oxygens (including phenoxy) is 2. The molecule has 4 aromatic rings. The van der Waals surface area contributed by atoms with E-state index in [2.05, 4.69) is 5.16 Å². The topological polar surface area (TPSA) is 78.6 Å². The third kappa shape index (κ3) is 3.73. The zero-order chi connectivity index (χ0) is 20.2. The van der Waals surface area contributed by atoms with Crippen LogP contribution in [0.2, 0.25) is 0 Å². The molecule has 1 aromatic heterocycles. The number of esters is 1. The molecule has 0 N–H and O–H groups in total. The Morgan fingerprint density at radius 1 is 0.966 bits per heavy atom. The van der Waals surface area contributed by atoms with Crippen molar-refractivity contribution < 1.29 is 23.6 Å². The Hall–Kier alpha value is -3.93. The lowest BCUT2D eigenvalue weighted by molar-refractivity contribution is 0.0474. The number of benzene rings is 3. The van der Waals surface area contributed by atoms with E-state index in [-0.39, 0.29) is 12.4 Å². The summed E-state index contributed by atoms with van der Waals surface area (Å²) >= 11 is 0. The first-order chi connectivity index (χ1) is 14.2. The molecule has 3 aromatic carbocycles. The number of methoxy groups -OCH3 is 1. The molecule has 0 saturated carbocycles. The van der Waals surface area contributed by atoms with E-state index in [0.717, 1.165) is 5.56 Å². The molecule has 6 nitrogen and oxygen atoms in total. The van der Waals surface area contributed by atoms with Crippen molar-refractivity contribution in [3.8, 4) is 17.1 Å². The lowest BCUT2D eigenvalue weighted by atomic mass is 10.1. The number of para-hydroxylation sites is 1. The molecular weight excluding hydrogens is 370 g/mol. The summed E-state index contributed by atoms with van der Waals surface area (Å²) in [5.41, 5.74) is 2.16. The van der Waals surface area contributed by atoms with Gasteiger partial charge in [0.2, 0.25) is 5.78 Å².